The fraction of sp³-hybridized carbons (Fsp3) is 0.333. The Hall–Kier alpha value is -4.84. The van der Waals surface area contributed by atoms with Gasteiger partial charge in [-0.3, -0.25) is 0 Å². The van der Waals surface area contributed by atoms with Gasteiger partial charge in [-0.25, -0.2) is 19.9 Å². The summed E-state index contributed by atoms with van der Waals surface area (Å²) in [6, 6.07) is 16.8. The molecule has 6 nitrogen and oxygen atoms in total. The zero-order valence-corrected chi connectivity index (χ0v) is 28.6. The maximum Gasteiger partial charge on any atom is 0.163 e. The highest BCUT2D eigenvalue weighted by molar-refractivity contribution is 5.97. The molecule has 0 atom stereocenters. The minimum absolute atomic E-state index is 0.668. The highest BCUT2D eigenvalue weighted by atomic mass is 16.5. The van der Waals surface area contributed by atoms with Gasteiger partial charge in [0.15, 0.2) is 11.5 Å². The Kier molecular flexibility index (Phi) is 9.33. The van der Waals surface area contributed by atoms with Gasteiger partial charge in [0, 0.05) is 12.1 Å². The summed E-state index contributed by atoms with van der Waals surface area (Å²) in [4.78, 5) is 20.1. The van der Waals surface area contributed by atoms with Gasteiger partial charge in [-0.1, -0.05) is 76.7 Å². The van der Waals surface area contributed by atoms with Crippen LogP contribution in [0.2, 0.25) is 0 Å². The van der Waals surface area contributed by atoms with Crippen LogP contribution >= 0.6 is 0 Å². The molecule has 2 heterocycles. The smallest absolute Gasteiger partial charge is 0.163 e. The van der Waals surface area contributed by atoms with Crippen LogP contribution in [0.3, 0.4) is 0 Å². The summed E-state index contributed by atoms with van der Waals surface area (Å²) in [5, 5.41) is 0. The van der Waals surface area contributed by atoms with Gasteiger partial charge in [0.2, 0.25) is 0 Å². The molecular weight excluding hydrogens is 592 g/mol. The molecule has 7 rings (SSSR count). The Morgan fingerprint density at radius 2 is 0.708 bits per heavy atom. The fourth-order valence-corrected chi connectivity index (χ4v) is 6.36. The number of benzene rings is 4. The molecule has 1 aliphatic carbocycles. The van der Waals surface area contributed by atoms with Gasteiger partial charge < -0.3 is 9.47 Å². The summed E-state index contributed by atoms with van der Waals surface area (Å²) >= 11 is 0. The van der Waals surface area contributed by atoms with Crippen LogP contribution in [0.25, 0.3) is 68.4 Å². The quantitative estimate of drug-likeness (QED) is 0.0982. The van der Waals surface area contributed by atoms with E-state index in [1.807, 2.05) is 12.1 Å². The molecule has 0 bridgehead atoms. The molecule has 0 aliphatic heterocycles. The standard InChI is InChI=1S/C42H44N4O2/c1-5-7-9-11-17-47-41-25-39-40(26-42(41)48-18-12-10-8-6-2)46-38-24-32-16-14-30-22-36-35(21-29(30)13-15-31(32)23-37(38)45-39)43-33-19-27(3)28(4)20-34(33)44-36/h13-16,19-26H,5-12,17-18H2,1-4H3/b15-13-,16-14+,29-13?,30-14?,31-15?,32-16?. The molecule has 0 spiro atoms. The van der Waals surface area contributed by atoms with E-state index in [9.17, 15) is 0 Å². The van der Waals surface area contributed by atoms with Gasteiger partial charge in [0.1, 0.15) is 0 Å². The van der Waals surface area contributed by atoms with E-state index < -0.39 is 0 Å². The van der Waals surface area contributed by atoms with Crippen LogP contribution in [0.15, 0.2) is 48.5 Å². The zero-order valence-electron chi connectivity index (χ0n) is 28.6. The average Bonchev–Trinajstić information content (AvgIpc) is 3.07. The number of fused-ring (bicyclic) bond motifs is 6. The van der Waals surface area contributed by atoms with Crippen LogP contribution in [0, 0.1) is 13.8 Å². The van der Waals surface area contributed by atoms with Crippen LogP contribution in [-0.2, 0) is 0 Å². The van der Waals surface area contributed by atoms with E-state index >= 15 is 0 Å². The van der Waals surface area contributed by atoms with Crippen LogP contribution in [0.5, 0.6) is 11.5 Å². The largest absolute Gasteiger partial charge is 0.490 e. The van der Waals surface area contributed by atoms with Crippen molar-refractivity contribution in [1.29, 1.82) is 0 Å². The maximum absolute atomic E-state index is 6.28. The summed E-state index contributed by atoms with van der Waals surface area (Å²) < 4.78 is 12.6. The van der Waals surface area contributed by atoms with Crippen molar-refractivity contribution in [3.05, 3.63) is 81.9 Å². The molecule has 0 amide bonds. The lowest BCUT2D eigenvalue weighted by molar-refractivity contribution is 0.259. The first kappa shape index (κ1) is 31.7. The van der Waals surface area contributed by atoms with Crippen molar-refractivity contribution in [1.82, 2.24) is 19.9 Å². The minimum atomic E-state index is 0.668. The topological polar surface area (TPSA) is 70.0 Å². The second-order valence-electron chi connectivity index (χ2n) is 13.1. The van der Waals surface area contributed by atoms with E-state index in [0.29, 0.717) is 13.2 Å². The monoisotopic (exact) mass is 636 g/mol. The summed E-state index contributed by atoms with van der Waals surface area (Å²) in [7, 11) is 0. The molecule has 0 saturated heterocycles. The second kappa shape index (κ2) is 14.1. The molecule has 0 radical (unpaired) electrons. The lowest BCUT2D eigenvalue weighted by Crippen LogP contribution is -2.03. The number of aryl methyl sites for hydroxylation is 2. The Morgan fingerprint density at radius 3 is 1.04 bits per heavy atom. The van der Waals surface area contributed by atoms with Crippen molar-refractivity contribution in [3.63, 3.8) is 0 Å². The van der Waals surface area contributed by atoms with Crippen molar-refractivity contribution in [2.75, 3.05) is 13.2 Å². The van der Waals surface area contributed by atoms with Crippen molar-refractivity contribution in [3.8, 4) is 11.5 Å². The predicted molar refractivity (Wildman–Crippen MR) is 201 cm³/mol. The van der Waals surface area contributed by atoms with E-state index in [4.69, 9.17) is 29.4 Å². The van der Waals surface area contributed by atoms with E-state index in [1.165, 1.54) is 49.7 Å². The first-order valence-corrected chi connectivity index (χ1v) is 17.6. The normalized spacial score (nSPS) is 13.8. The predicted octanol–water partition coefficient (Wildman–Crippen LogP) is 11.1. The molecule has 0 saturated carbocycles. The number of ether oxygens (including phenoxy) is 2. The fourth-order valence-electron chi connectivity index (χ4n) is 6.36. The highest BCUT2D eigenvalue weighted by Crippen LogP contribution is 2.34. The SMILES string of the molecule is CCCCCCOc1cc2nc3cc4c(cc3nc2cc1OCCCCCC)/C=C/c1cc2nc3cc(C)c(C)cc3nc2cc1/C=C\4. The first-order chi connectivity index (χ1) is 23.5. The zero-order chi connectivity index (χ0) is 33.0. The lowest BCUT2D eigenvalue weighted by atomic mass is 9.97. The van der Waals surface area contributed by atoms with Crippen molar-refractivity contribution in [2.24, 2.45) is 0 Å². The molecule has 244 valence electrons. The maximum atomic E-state index is 6.28. The Balaban J connectivity index is 1.22. The summed E-state index contributed by atoms with van der Waals surface area (Å²) in [5.74, 6) is 1.50. The van der Waals surface area contributed by atoms with Gasteiger partial charge in [0.25, 0.3) is 0 Å². The Morgan fingerprint density at radius 1 is 0.396 bits per heavy atom. The number of hydrogen-bond acceptors (Lipinski definition) is 6. The van der Waals surface area contributed by atoms with Crippen molar-refractivity contribution < 1.29 is 9.47 Å². The number of hydrogen-bond donors (Lipinski definition) is 0. The number of nitrogens with zero attached hydrogens (tertiary/aromatic N) is 4. The van der Waals surface area contributed by atoms with Crippen molar-refractivity contribution in [2.45, 2.75) is 79.1 Å². The third kappa shape index (κ3) is 6.75. The van der Waals surface area contributed by atoms with Crippen LogP contribution in [-0.4, -0.2) is 33.1 Å². The average molecular weight is 637 g/mol. The van der Waals surface area contributed by atoms with E-state index in [2.05, 4.69) is 88.4 Å². The van der Waals surface area contributed by atoms with Crippen LogP contribution < -0.4 is 9.47 Å². The first-order valence-electron chi connectivity index (χ1n) is 17.6. The lowest BCUT2D eigenvalue weighted by Gasteiger charge is -2.15. The molecule has 48 heavy (non-hydrogen) atoms. The molecule has 6 aromatic rings. The third-order valence-electron chi connectivity index (χ3n) is 9.35. The molecule has 1 aliphatic rings. The molecule has 0 N–H and O–H groups in total. The van der Waals surface area contributed by atoms with Gasteiger partial charge in [-0.15, -0.1) is 0 Å². The number of rotatable bonds is 12. The second-order valence-corrected chi connectivity index (χ2v) is 13.1. The molecule has 6 heteroatoms. The number of unbranched alkanes of at least 4 members (excludes halogenated alkanes) is 6. The molecule has 2 aromatic heterocycles. The van der Waals surface area contributed by atoms with Crippen molar-refractivity contribution >= 4 is 68.4 Å². The van der Waals surface area contributed by atoms with E-state index in [1.54, 1.807) is 0 Å². The number of aromatic nitrogens is 4. The summed E-state index contributed by atoms with van der Waals surface area (Å²) in [6.07, 6.45) is 17.9. The van der Waals surface area contributed by atoms with Gasteiger partial charge in [-0.05, 0) is 96.5 Å². The Bertz CT molecular complexity index is 2050. The molecule has 4 aromatic carbocycles. The van der Waals surface area contributed by atoms with Gasteiger partial charge >= 0.3 is 0 Å². The third-order valence-corrected chi connectivity index (χ3v) is 9.35. The van der Waals surface area contributed by atoms with E-state index in [0.717, 1.165) is 90.7 Å². The molecule has 0 fully saturated rings. The van der Waals surface area contributed by atoms with Crippen LogP contribution in [0.4, 0.5) is 0 Å². The molecular formula is C42H44N4O2. The highest BCUT2D eigenvalue weighted by Gasteiger charge is 2.14. The summed E-state index contributed by atoms with van der Waals surface area (Å²) in [5.41, 5.74) is 13.8. The van der Waals surface area contributed by atoms with E-state index in [-0.39, 0.29) is 0 Å². The van der Waals surface area contributed by atoms with Gasteiger partial charge in [-0.2, -0.15) is 0 Å². The Labute approximate surface area is 283 Å². The van der Waals surface area contributed by atoms with Crippen LogP contribution in [0.1, 0.15) is 98.6 Å². The minimum Gasteiger partial charge on any atom is -0.490 e. The molecule has 0 unspecified atom stereocenters. The van der Waals surface area contributed by atoms with Gasteiger partial charge in [0.05, 0.1) is 57.3 Å². The summed E-state index contributed by atoms with van der Waals surface area (Å²) in [6.45, 7) is 10.0.